The molecule has 4 rings (SSSR count). The molecule has 31 heavy (non-hydrogen) atoms. The predicted molar refractivity (Wildman–Crippen MR) is 114 cm³/mol. The lowest BCUT2D eigenvalue weighted by molar-refractivity contribution is -0.138. The third-order valence-electron chi connectivity index (χ3n) is 5.58. The van der Waals surface area contributed by atoms with E-state index in [1.54, 1.807) is 23.9 Å². The van der Waals surface area contributed by atoms with Crippen LogP contribution in [0.15, 0.2) is 35.3 Å². The number of carbonyl (C=O) groups is 2. The lowest BCUT2D eigenvalue weighted by Gasteiger charge is -2.41. The molecule has 0 N–H and O–H groups in total. The van der Waals surface area contributed by atoms with Crippen molar-refractivity contribution in [2.45, 2.75) is 46.4 Å². The van der Waals surface area contributed by atoms with Crippen LogP contribution >= 0.6 is 0 Å². The van der Waals surface area contributed by atoms with Crippen molar-refractivity contribution in [3.8, 4) is 0 Å². The zero-order valence-corrected chi connectivity index (χ0v) is 18.4. The Hall–Kier alpha value is -3.23. The van der Waals surface area contributed by atoms with Gasteiger partial charge in [0.15, 0.2) is 12.2 Å². The van der Waals surface area contributed by atoms with Crippen LogP contribution in [0.25, 0.3) is 0 Å². The van der Waals surface area contributed by atoms with Crippen molar-refractivity contribution < 1.29 is 14.0 Å². The van der Waals surface area contributed by atoms with Crippen molar-refractivity contribution in [1.82, 2.24) is 24.5 Å². The van der Waals surface area contributed by atoms with Crippen LogP contribution in [0.5, 0.6) is 0 Å². The maximum atomic E-state index is 13.5. The molecule has 2 aliphatic heterocycles. The number of urea groups is 1. The number of halogens is 1. The average molecular weight is 426 g/mol. The lowest BCUT2D eigenvalue weighted by Crippen LogP contribution is -2.65. The van der Waals surface area contributed by atoms with Crippen LogP contribution in [-0.4, -0.2) is 68.2 Å². The summed E-state index contributed by atoms with van der Waals surface area (Å²) in [6.45, 7) is 8.42. The van der Waals surface area contributed by atoms with Gasteiger partial charge >= 0.3 is 6.03 Å². The molecule has 9 heteroatoms. The number of fused-ring (bicyclic) bond motifs is 1. The number of aromatic nitrogens is 2. The fourth-order valence-corrected chi connectivity index (χ4v) is 4.16. The van der Waals surface area contributed by atoms with Gasteiger partial charge in [0.1, 0.15) is 5.82 Å². The predicted octanol–water partition coefficient (Wildman–Crippen LogP) is 2.60. The van der Waals surface area contributed by atoms with E-state index in [4.69, 9.17) is 4.99 Å². The molecule has 164 valence electrons. The molecule has 3 heterocycles. The second-order valence-corrected chi connectivity index (χ2v) is 8.62. The summed E-state index contributed by atoms with van der Waals surface area (Å²) in [5.41, 5.74) is 2.53. The van der Waals surface area contributed by atoms with Crippen LogP contribution in [0.4, 0.5) is 9.18 Å². The Labute approximate surface area is 180 Å². The highest BCUT2D eigenvalue weighted by atomic mass is 19.1. The summed E-state index contributed by atoms with van der Waals surface area (Å²) in [4.78, 5) is 35.9. The highest BCUT2D eigenvalue weighted by molar-refractivity contribution is 6.04. The Morgan fingerprint density at radius 2 is 1.81 bits per heavy atom. The number of likely N-dealkylation sites (N-methyl/N-ethyl adjacent to an activating group) is 1. The molecule has 2 unspecified atom stereocenters. The zero-order valence-electron chi connectivity index (χ0n) is 18.4. The Kier molecular flexibility index (Phi) is 5.28. The second kappa shape index (κ2) is 7.79. The van der Waals surface area contributed by atoms with Gasteiger partial charge in [0.2, 0.25) is 5.96 Å². The summed E-state index contributed by atoms with van der Waals surface area (Å²) in [5.74, 6) is 0.0485. The summed E-state index contributed by atoms with van der Waals surface area (Å²) < 4.78 is 15.1. The normalized spacial score (nSPS) is 21.3. The van der Waals surface area contributed by atoms with Crippen molar-refractivity contribution in [3.05, 3.63) is 53.1 Å². The van der Waals surface area contributed by atoms with Crippen LogP contribution in [0, 0.1) is 25.6 Å². The van der Waals surface area contributed by atoms with Gasteiger partial charge in [-0.3, -0.25) is 9.69 Å². The van der Waals surface area contributed by atoms with Gasteiger partial charge in [0, 0.05) is 25.8 Å². The zero-order chi connectivity index (χ0) is 22.4. The molecule has 1 fully saturated rings. The van der Waals surface area contributed by atoms with Gasteiger partial charge in [-0.15, -0.1) is 0 Å². The van der Waals surface area contributed by atoms with Gasteiger partial charge in [-0.05, 0) is 43.5 Å². The van der Waals surface area contributed by atoms with E-state index in [-0.39, 0.29) is 23.7 Å². The molecule has 0 saturated carbocycles. The summed E-state index contributed by atoms with van der Waals surface area (Å²) in [5, 5.41) is 4.55. The number of benzene rings is 1. The Balaban J connectivity index is 1.77. The third-order valence-corrected chi connectivity index (χ3v) is 5.58. The highest BCUT2D eigenvalue weighted by Gasteiger charge is 2.52. The maximum Gasteiger partial charge on any atom is 0.328 e. The number of amides is 3. The van der Waals surface area contributed by atoms with Gasteiger partial charge < -0.3 is 9.80 Å². The first-order valence-corrected chi connectivity index (χ1v) is 10.4. The van der Waals surface area contributed by atoms with Crippen LogP contribution < -0.4 is 0 Å². The summed E-state index contributed by atoms with van der Waals surface area (Å²) in [7, 11) is 1.67. The highest BCUT2D eigenvalue weighted by Crippen LogP contribution is 2.30. The minimum atomic E-state index is -0.676. The minimum Gasteiger partial charge on any atom is -0.321 e. The smallest absolute Gasteiger partial charge is 0.321 e. The lowest BCUT2D eigenvalue weighted by atomic mass is 10.1. The number of hydrogen-bond acceptors (Lipinski definition) is 5. The average Bonchev–Trinajstić information content (AvgIpc) is 3.24. The molecular formula is C22H27FN6O2. The van der Waals surface area contributed by atoms with E-state index in [0.717, 1.165) is 17.0 Å². The molecule has 8 nitrogen and oxygen atoms in total. The van der Waals surface area contributed by atoms with E-state index in [1.807, 2.05) is 38.7 Å². The molecule has 2 aliphatic rings. The van der Waals surface area contributed by atoms with Crippen molar-refractivity contribution in [1.29, 1.82) is 0 Å². The second-order valence-electron chi connectivity index (χ2n) is 8.62. The van der Waals surface area contributed by atoms with Crippen molar-refractivity contribution in [2.75, 3.05) is 13.6 Å². The summed E-state index contributed by atoms with van der Waals surface area (Å²) >= 11 is 0. The first kappa shape index (κ1) is 21.0. The Morgan fingerprint density at radius 3 is 2.39 bits per heavy atom. The molecule has 1 aromatic carbocycles. The standard InChI is InChI=1S/C22H27FN6O2/c1-13(2)11-28-20(30)18-19(26(5)22(28)31)24-21(29-15(4)10-14(3)25-29)27(18)12-16-6-8-17(23)9-7-16/h6-10,13,18-19H,11-12H2,1-5H3. The van der Waals surface area contributed by atoms with Crippen molar-refractivity contribution >= 4 is 17.9 Å². The number of aryl methyl sites for hydroxylation is 2. The molecule has 2 atom stereocenters. The fourth-order valence-electron chi connectivity index (χ4n) is 4.16. The minimum absolute atomic E-state index is 0.140. The van der Waals surface area contributed by atoms with Gasteiger partial charge in [0.05, 0.1) is 5.69 Å². The SMILES string of the molecule is Cc1cc(C)n(C2=NC3C(C(=O)N(CC(C)C)C(=O)N3C)N2Cc2ccc(F)cc2)n1. The quantitative estimate of drug-likeness (QED) is 0.753. The van der Waals surface area contributed by atoms with Crippen LogP contribution in [0.2, 0.25) is 0 Å². The molecule has 0 radical (unpaired) electrons. The first-order chi connectivity index (χ1) is 14.7. The van der Waals surface area contributed by atoms with Crippen LogP contribution in [0.1, 0.15) is 30.8 Å². The van der Waals surface area contributed by atoms with Gasteiger partial charge in [-0.25, -0.2) is 18.9 Å². The van der Waals surface area contributed by atoms with Gasteiger partial charge in [-0.1, -0.05) is 26.0 Å². The van der Waals surface area contributed by atoms with Crippen LogP contribution in [0.3, 0.4) is 0 Å². The molecular weight excluding hydrogens is 399 g/mol. The maximum absolute atomic E-state index is 13.5. The Bertz CT molecular complexity index is 1040. The summed E-state index contributed by atoms with van der Waals surface area (Å²) in [6, 6.07) is 7.08. The van der Waals surface area contributed by atoms with Gasteiger partial charge in [0.25, 0.3) is 5.91 Å². The number of imide groups is 1. The molecule has 0 bridgehead atoms. The van der Waals surface area contributed by atoms with E-state index >= 15 is 0 Å². The number of nitrogens with zero attached hydrogens (tertiary/aromatic N) is 6. The van der Waals surface area contributed by atoms with Crippen molar-refractivity contribution in [2.24, 2.45) is 10.9 Å². The van der Waals surface area contributed by atoms with E-state index in [9.17, 15) is 14.0 Å². The van der Waals surface area contributed by atoms with E-state index < -0.39 is 12.2 Å². The molecule has 3 amide bonds. The molecule has 2 aromatic rings. The van der Waals surface area contributed by atoms with E-state index in [2.05, 4.69) is 5.10 Å². The molecule has 0 spiro atoms. The number of carbonyl (C=O) groups excluding carboxylic acids is 2. The fraction of sp³-hybridized carbons (Fsp3) is 0.455. The number of rotatable bonds is 4. The number of aliphatic imine (C=N–C) groups is 1. The molecule has 0 aliphatic carbocycles. The van der Waals surface area contributed by atoms with Crippen LogP contribution in [-0.2, 0) is 11.3 Å². The number of hydrogen-bond donors (Lipinski definition) is 0. The third kappa shape index (κ3) is 3.68. The first-order valence-electron chi connectivity index (χ1n) is 10.4. The van der Waals surface area contributed by atoms with E-state index in [1.165, 1.54) is 21.9 Å². The molecule has 1 aromatic heterocycles. The van der Waals surface area contributed by atoms with E-state index in [0.29, 0.717) is 19.0 Å². The molecule has 1 saturated heterocycles. The Morgan fingerprint density at radius 1 is 1.13 bits per heavy atom. The van der Waals surface area contributed by atoms with Gasteiger partial charge in [-0.2, -0.15) is 5.10 Å². The largest absolute Gasteiger partial charge is 0.328 e. The summed E-state index contributed by atoms with van der Waals surface area (Å²) in [6.07, 6.45) is -0.650. The van der Waals surface area contributed by atoms with Crippen molar-refractivity contribution in [3.63, 3.8) is 0 Å². The monoisotopic (exact) mass is 426 g/mol. The topological polar surface area (TPSA) is 74.0 Å².